The summed E-state index contributed by atoms with van der Waals surface area (Å²) in [4.78, 5) is 29.0. The van der Waals surface area contributed by atoms with E-state index in [2.05, 4.69) is 20.7 Å². The van der Waals surface area contributed by atoms with E-state index in [-0.39, 0.29) is 18.2 Å². The van der Waals surface area contributed by atoms with Crippen molar-refractivity contribution in [3.8, 4) is 0 Å². The Balaban J connectivity index is 1.57. The largest absolute Gasteiger partial charge is 0.344 e. The predicted molar refractivity (Wildman–Crippen MR) is 111 cm³/mol. The molecule has 29 heavy (non-hydrogen) atoms. The molecule has 1 atom stereocenters. The highest BCUT2D eigenvalue weighted by molar-refractivity contribution is 5.96. The molecular formula is C22H25N5O2. The van der Waals surface area contributed by atoms with Gasteiger partial charge in [0.05, 0.1) is 13.0 Å². The summed E-state index contributed by atoms with van der Waals surface area (Å²) in [5.74, 6) is 0.0258. The van der Waals surface area contributed by atoms with Crippen LogP contribution in [-0.2, 0) is 22.6 Å². The smallest absolute Gasteiger partial charge is 0.248 e. The first-order valence-electron chi connectivity index (χ1n) is 9.70. The first-order chi connectivity index (χ1) is 14.1. The average molecular weight is 391 g/mol. The zero-order valence-electron chi connectivity index (χ0n) is 16.4. The van der Waals surface area contributed by atoms with Crippen LogP contribution in [0.3, 0.4) is 0 Å². The molecule has 0 saturated carbocycles. The number of carbonyl (C=O) groups excluding carboxylic acids is 2. The van der Waals surface area contributed by atoms with Crippen LogP contribution in [0.1, 0.15) is 30.9 Å². The van der Waals surface area contributed by atoms with E-state index < -0.39 is 6.04 Å². The van der Waals surface area contributed by atoms with Crippen molar-refractivity contribution < 1.29 is 9.59 Å². The van der Waals surface area contributed by atoms with Gasteiger partial charge in [-0.15, -0.1) is 0 Å². The van der Waals surface area contributed by atoms with Gasteiger partial charge < -0.3 is 10.6 Å². The second-order valence-electron chi connectivity index (χ2n) is 6.81. The van der Waals surface area contributed by atoms with Gasteiger partial charge in [0.15, 0.2) is 5.82 Å². The van der Waals surface area contributed by atoms with Gasteiger partial charge in [0.2, 0.25) is 11.8 Å². The minimum absolute atomic E-state index is 0.173. The molecule has 2 aromatic heterocycles. The number of rotatable bonds is 9. The number of benzene rings is 1. The molecule has 7 nitrogen and oxygen atoms in total. The van der Waals surface area contributed by atoms with Crippen molar-refractivity contribution in [3.05, 3.63) is 78.2 Å². The number of amides is 2. The van der Waals surface area contributed by atoms with Crippen LogP contribution < -0.4 is 10.6 Å². The van der Waals surface area contributed by atoms with Crippen molar-refractivity contribution in [1.82, 2.24) is 20.1 Å². The summed E-state index contributed by atoms with van der Waals surface area (Å²) in [6.07, 6.45) is 6.85. The lowest BCUT2D eigenvalue weighted by atomic mass is 10.1. The maximum atomic E-state index is 12.7. The van der Waals surface area contributed by atoms with Crippen LogP contribution in [0.15, 0.2) is 67.1 Å². The van der Waals surface area contributed by atoms with E-state index in [1.165, 1.54) is 0 Å². The Morgan fingerprint density at radius 1 is 1.03 bits per heavy atom. The number of nitrogens with zero attached hydrogens (tertiary/aromatic N) is 3. The SMILES string of the molecule is CCCC(NC(=O)Cc1ccccc1)C(=O)Nc1ccn(Cc2ccncc2)n1. The van der Waals surface area contributed by atoms with Crippen molar-refractivity contribution in [2.45, 2.75) is 38.8 Å². The fourth-order valence-corrected chi connectivity index (χ4v) is 2.99. The van der Waals surface area contributed by atoms with Crippen LogP contribution in [0.5, 0.6) is 0 Å². The lowest BCUT2D eigenvalue weighted by Gasteiger charge is -2.17. The van der Waals surface area contributed by atoms with Gasteiger partial charge in [-0.1, -0.05) is 43.7 Å². The molecule has 2 amide bonds. The number of carbonyl (C=O) groups is 2. The van der Waals surface area contributed by atoms with Gasteiger partial charge in [-0.3, -0.25) is 19.3 Å². The Morgan fingerprint density at radius 2 is 1.79 bits per heavy atom. The molecule has 1 aromatic carbocycles. The zero-order chi connectivity index (χ0) is 20.5. The van der Waals surface area contributed by atoms with E-state index in [0.717, 1.165) is 17.5 Å². The third kappa shape index (κ3) is 6.27. The summed E-state index contributed by atoms with van der Waals surface area (Å²) in [7, 11) is 0. The minimum Gasteiger partial charge on any atom is -0.344 e. The van der Waals surface area contributed by atoms with Gasteiger partial charge >= 0.3 is 0 Å². The Labute approximate surface area is 170 Å². The van der Waals surface area contributed by atoms with E-state index in [9.17, 15) is 9.59 Å². The van der Waals surface area contributed by atoms with Gasteiger partial charge in [-0.25, -0.2) is 0 Å². The molecule has 0 fully saturated rings. The van der Waals surface area contributed by atoms with Crippen molar-refractivity contribution in [2.24, 2.45) is 0 Å². The molecule has 150 valence electrons. The normalized spacial score (nSPS) is 11.6. The molecular weight excluding hydrogens is 366 g/mol. The predicted octanol–water partition coefficient (Wildman–Crippen LogP) is 2.79. The summed E-state index contributed by atoms with van der Waals surface area (Å²) < 4.78 is 1.74. The topological polar surface area (TPSA) is 88.9 Å². The highest BCUT2D eigenvalue weighted by atomic mass is 16.2. The molecule has 1 unspecified atom stereocenters. The van der Waals surface area contributed by atoms with Crippen molar-refractivity contribution in [3.63, 3.8) is 0 Å². The second kappa shape index (κ2) is 10.2. The summed E-state index contributed by atoms with van der Waals surface area (Å²) in [6.45, 7) is 2.57. The van der Waals surface area contributed by atoms with Crippen LogP contribution in [0, 0.1) is 0 Å². The Bertz CT molecular complexity index is 925. The number of anilines is 1. The number of hydrogen-bond donors (Lipinski definition) is 2. The Morgan fingerprint density at radius 3 is 2.52 bits per heavy atom. The minimum atomic E-state index is -0.596. The standard InChI is InChI=1S/C22H25N5O2/c1-2-6-19(24-21(28)15-17-7-4-3-5-8-17)22(29)25-20-11-14-27(26-20)16-18-9-12-23-13-10-18/h3-5,7-14,19H,2,6,15-16H2,1H3,(H,24,28)(H,25,26,29). The lowest BCUT2D eigenvalue weighted by molar-refractivity contribution is -0.126. The molecule has 2 heterocycles. The summed E-state index contributed by atoms with van der Waals surface area (Å²) in [5, 5.41) is 10.0. The lowest BCUT2D eigenvalue weighted by Crippen LogP contribution is -2.44. The van der Waals surface area contributed by atoms with Gasteiger partial charge in [-0.2, -0.15) is 5.10 Å². The monoisotopic (exact) mass is 391 g/mol. The second-order valence-corrected chi connectivity index (χ2v) is 6.81. The third-order valence-corrected chi connectivity index (χ3v) is 4.42. The quantitative estimate of drug-likeness (QED) is 0.587. The van der Waals surface area contributed by atoms with Crippen LogP contribution in [0.4, 0.5) is 5.82 Å². The van der Waals surface area contributed by atoms with E-state index in [4.69, 9.17) is 0 Å². The van der Waals surface area contributed by atoms with Gasteiger partial charge in [0.25, 0.3) is 0 Å². The first-order valence-corrected chi connectivity index (χ1v) is 9.70. The highest BCUT2D eigenvalue weighted by Crippen LogP contribution is 2.08. The van der Waals surface area contributed by atoms with E-state index >= 15 is 0 Å². The van der Waals surface area contributed by atoms with Gasteiger partial charge in [-0.05, 0) is 29.7 Å². The molecule has 0 aliphatic rings. The number of aromatic nitrogens is 3. The van der Waals surface area contributed by atoms with Crippen LogP contribution in [0.25, 0.3) is 0 Å². The van der Waals surface area contributed by atoms with Crippen LogP contribution >= 0.6 is 0 Å². The molecule has 0 bridgehead atoms. The van der Waals surface area contributed by atoms with Crippen LogP contribution in [-0.4, -0.2) is 32.6 Å². The zero-order valence-corrected chi connectivity index (χ0v) is 16.4. The fourth-order valence-electron chi connectivity index (χ4n) is 2.99. The first kappa shape index (κ1) is 20.3. The molecule has 0 aliphatic carbocycles. The Kier molecular flexibility index (Phi) is 7.10. The molecule has 0 saturated heterocycles. The molecule has 0 radical (unpaired) electrons. The molecule has 7 heteroatoms. The van der Waals surface area contributed by atoms with Gasteiger partial charge in [0.1, 0.15) is 6.04 Å². The fraction of sp³-hybridized carbons (Fsp3) is 0.273. The van der Waals surface area contributed by atoms with E-state index in [1.54, 1.807) is 29.3 Å². The molecule has 0 spiro atoms. The molecule has 3 rings (SSSR count). The highest BCUT2D eigenvalue weighted by Gasteiger charge is 2.20. The van der Waals surface area contributed by atoms with Crippen molar-refractivity contribution in [1.29, 1.82) is 0 Å². The van der Waals surface area contributed by atoms with E-state index in [1.807, 2.05) is 49.4 Å². The summed E-state index contributed by atoms with van der Waals surface area (Å²) in [6, 6.07) is 14.5. The summed E-state index contributed by atoms with van der Waals surface area (Å²) >= 11 is 0. The average Bonchev–Trinajstić information content (AvgIpc) is 3.15. The Hall–Kier alpha value is -3.48. The number of nitrogens with one attached hydrogen (secondary N) is 2. The molecule has 3 aromatic rings. The molecule has 0 aliphatic heterocycles. The maximum Gasteiger partial charge on any atom is 0.248 e. The van der Waals surface area contributed by atoms with Crippen molar-refractivity contribution >= 4 is 17.6 Å². The third-order valence-electron chi connectivity index (χ3n) is 4.42. The number of hydrogen-bond acceptors (Lipinski definition) is 4. The maximum absolute atomic E-state index is 12.7. The number of pyridine rings is 1. The van der Waals surface area contributed by atoms with Crippen molar-refractivity contribution in [2.75, 3.05) is 5.32 Å². The summed E-state index contributed by atoms with van der Waals surface area (Å²) in [5.41, 5.74) is 1.98. The molecule has 2 N–H and O–H groups in total. The van der Waals surface area contributed by atoms with Crippen LogP contribution in [0.2, 0.25) is 0 Å². The van der Waals surface area contributed by atoms with E-state index in [0.29, 0.717) is 18.8 Å². The van der Waals surface area contributed by atoms with Gasteiger partial charge in [0, 0.05) is 24.7 Å².